The number of carbonyl (C=O) groups excluding carboxylic acids is 1. The van der Waals surface area contributed by atoms with Crippen LogP contribution in [0.25, 0.3) is 0 Å². The summed E-state index contributed by atoms with van der Waals surface area (Å²) in [6.45, 7) is 1.84. The first kappa shape index (κ1) is 15.0. The lowest BCUT2D eigenvalue weighted by molar-refractivity contribution is -0.117. The molecule has 3 N–H and O–H groups in total. The van der Waals surface area contributed by atoms with Crippen molar-refractivity contribution in [3.63, 3.8) is 0 Å². The lowest BCUT2D eigenvalue weighted by atomic mass is 10.2. The van der Waals surface area contributed by atoms with Crippen molar-refractivity contribution in [3.8, 4) is 11.5 Å². The zero-order chi connectivity index (χ0) is 15.2. The van der Waals surface area contributed by atoms with Gasteiger partial charge < -0.3 is 15.8 Å². The number of anilines is 1. The summed E-state index contributed by atoms with van der Waals surface area (Å²) < 4.78 is 18.6. The van der Waals surface area contributed by atoms with E-state index in [9.17, 15) is 9.18 Å². The molecule has 21 heavy (non-hydrogen) atoms. The van der Waals surface area contributed by atoms with Crippen LogP contribution in [0, 0.1) is 5.82 Å². The molecule has 0 bridgehead atoms. The van der Waals surface area contributed by atoms with Crippen LogP contribution in [-0.2, 0) is 4.79 Å². The molecule has 110 valence electrons. The number of benzene rings is 2. The third-order valence-corrected chi connectivity index (χ3v) is 2.91. The van der Waals surface area contributed by atoms with E-state index in [1.165, 1.54) is 12.1 Å². The highest BCUT2D eigenvalue weighted by Gasteiger charge is 2.11. The predicted octanol–water partition coefficient (Wildman–Crippen LogP) is 3.29. The van der Waals surface area contributed by atoms with E-state index in [4.69, 9.17) is 10.5 Å². The third-order valence-electron chi connectivity index (χ3n) is 2.91. The summed E-state index contributed by atoms with van der Waals surface area (Å²) >= 11 is 0. The number of hydrogen-bond donors (Lipinski definition) is 2. The van der Waals surface area contributed by atoms with Crippen molar-refractivity contribution in [2.75, 3.05) is 5.32 Å². The van der Waals surface area contributed by atoms with Crippen LogP contribution in [0.1, 0.15) is 13.3 Å². The minimum Gasteiger partial charge on any atom is -0.457 e. The first-order valence-electron chi connectivity index (χ1n) is 6.68. The van der Waals surface area contributed by atoms with Crippen LogP contribution in [-0.4, -0.2) is 11.9 Å². The number of rotatable bonds is 5. The summed E-state index contributed by atoms with van der Waals surface area (Å²) in [5.41, 5.74) is 6.24. The monoisotopic (exact) mass is 288 g/mol. The fraction of sp³-hybridized carbons (Fsp3) is 0.188. The molecule has 2 aromatic carbocycles. The molecule has 0 saturated heterocycles. The zero-order valence-electron chi connectivity index (χ0n) is 11.7. The molecule has 0 fully saturated rings. The Morgan fingerprint density at radius 1 is 1.24 bits per heavy atom. The van der Waals surface area contributed by atoms with Gasteiger partial charge in [0.25, 0.3) is 0 Å². The van der Waals surface area contributed by atoms with Gasteiger partial charge in [-0.2, -0.15) is 0 Å². The van der Waals surface area contributed by atoms with Gasteiger partial charge in [-0.05, 0) is 30.7 Å². The Morgan fingerprint density at radius 2 is 1.90 bits per heavy atom. The Labute approximate surface area is 122 Å². The standard InChI is InChI=1S/C16H17FN2O2/c1-2-15(18)16(20)19-12-6-4-8-14(10-12)21-13-7-3-5-11(17)9-13/h3-10,15H,2,18H2,1H3,(H,19,20). The first-order chi connectivity index (χ1) is 10.1. The summed E-state index contributed by atoms with van der Waals surface area (Å²) in [4.78, 5) is 11.7. The van der Waals surface area contributed by atoms with Crippen molar-refractivity contribution < 1.29 is 13.9 Å². The minimum absolute atomic E-state index is 0.250. The van der Waals surface area contributed by atoms with Gasteiger partial charge in [-0.3, -0.25) is 4.79 Å². The van der Waals surface area contributed by atoms with Gasteiger partial charge >= 0.3 is 0 Å². The van der Waals surface area contributed by atoms with Crippen LogP contribution in [0.3, 0.4) is 0 Å². The molecule has 0 heterocycles. The highest BCUT2D eigenvalue weighted by molar-refractivity contribution is 5.94. The van der Waals surface area contributed by atoms with Gasteiger partial charge in [-0.25, -0.2) is 4.39 Å². The van der Waals surface area contributed by atoms with Gasteiger partial charge in [-0.15, -0.1) is 0 Å². The van der Waals surface area contributed by atoms with E-state index in [2.05, 4.69) is 5.32 Å². The summed E-state index contributed by atoms with van der Waals surface area (Å²) in [5.74, 6) is 0.276. The van der Waals surface area contributed by atoms with Crippen LogP contribution in [0.4, 0.5) is 10.1 Å². The number of carbonyl (C=O) groups is 1. The summed E-state index contributed by atoms with van der Waals surface area (Å²) in [5, 5.41) is 2.71. The summed E-state index contributed by atoms with van der Waals surface area (Å²) in [6.07, 6.45) is 0.561. The van der Waals surface area contributed by atoms with Crippen LogP contribution in [0.2, 0.25) is 0 Å². The Kier molecular flexibility index (Phi) is 4.90. The van der Waals surface area contributed by atoms with E-state index in [0.29, 0.717) is 23.6 Å². The van der Waals surface area contributed by atoms with Crippen molar-refractivity contribution in [3.05, 3.63) is 54.3 Å². The van der Waals surface area contributed by atoms with Crippen molar-refractivity contribution >= 4 is 11.6 Å². The van der Waals surface area contributed by atoms with E-state index >= 15 is 0 Å². The Balaban J connectivity index is 2.09. The predicted molar refractivity (Wildman–Crippen MR) is 79.8 cm³/mol. The number of ether oxygens (including phenoxy) is 1. The number of amides is 1. The maximum atomic E-state index is 13.1. The van der Waals surface area contributed by atoms with Crippen LogP contribution in [0.15, 0.2) is 48.5 Å². The molecule has 2 rings (SSSR count). The highest BCUT2D eigenvalue weighted by Crippen LogP contribution is 2.24. The largest absolute Gasteiger partial charge is 0.457 e. The summed E-state index contributed by atoms with van der Waals surface area (Å²) in [7, 11) is 0. The Bertz CT molecular complexity index is 631. The fourth-order valence-corrected chi connectivity index (χ4v) is 1.72. The molecule has 4 nitrogen and oxygen atoms in total. The maximum Gasteiger partial charge on any atom is 0.241 e. The van der Waals surface area contributed by atoms with Gasteiger partial charge in [0.15, 0.2) is 0 Å². The van der Waals surface area contributed by atoms with Crippen molar-refractivity contribution in [1.29, 1.82) is 0 Å². The van der Waals surface area contributed by atoms with Crippen molar-refractivity contribution in [2.45, 2.75) is 19.4 Å². The molecule has 0 aliphatic carbocycles. The van der Waals surface area contributed by atoms with Gasteiger partial charge in [0.2, 0.25) is 5.91 Å². The van der Waals surface area contributed by atoms with E-state index in [0.717, 1.165) is 0 Å². The Hall–Kier alpha value is -2.40. The first-order valence-corrected chi connectivity index (χ1v) is 6.68. The number of nitrogens with one attached hydrogen (secondary N) is 1. The van der Waals surface area contributed by atoms with Gasteiger partial charge in [0.05, 0.1) is 6.04 Å². The third kappa shape index (κ3) is 4.29. The van der Waals surface area contributed by atoms with Crippen LogP contribution < -0.4 is 15.8 Å². The lowest BCUT2D eigenvalue weighted by Crippen LogP contribution is -2.34. The normalized spacial score (nSPS) is 11.8. The van der Waals surface area contributed by atoms with Gasteiger partial charge in [-0.1, -0.05) is 19.1 Å². The van der Waals surface area contributed by atoms with E-state index in [-0.39, 0.29) is 11.7 Å². The minimum atomic E-state index is -0.544. The average Bonchev–Trinajstić information content (AvgIpc) is 2.46. The Morgan fingerprint density at radius 3 is 2.57 bits per heavy atom. The molecule has 0 radical (unpaired) electrons. The molecule has 5 heteroatoms. The smallest absolute Gasteiger partial charge is 0.241 e. The molecule has 1 unspecified atom stereocenters. The molecule has 2 aromatic rings. The maximum absolute atomic E-state index is 13.1. The topological polar surface area (TPSA) is 64.4 Å². The number of halogens is 1. The molecule has 0 aromatic heterocycles. The summed E-state index contributed by atoms with van der Waals surface area (Å²) in [6, 6.07) is 12.2. The van der Waals surface area contributed by atoms with E-state index in [1.807, 2.05) is 6.92 Å². The molecular formula is C16H17FN2O2. The molecule has 0 aliphatic heterocycles. The van der Waals surface area contributed by atoms with Crippen molar-refractivity contribution in [2.24, 2.45) is 5.73 Å². The quantitative estimate of drug-likeness (QED) is 0.887. The number of hydrogen-bond acceptors (Lipinski definition) is 3. The van der Waals surface area contributed by atoms with Crippen LogP contribution >= 0.6 is 0 Å². The second kappa shape index (κ2) is 6.85. The molecular weight excluding hydrogens is 271 g/mol. The van der Waals surface area contributed by atoms with Crippen molar-refractivity contribution in [1.82, 2.24) is 0 Å². The SMILES string of the molecule is CCC(N)C(=O)Nc1cccc(Oc2cccc(F)c2)c1. The average molecular weight is 288 g/mol. The second-order valence-electron chi connectivity index (χ2n) is 4.59. The number of nitrogens with two attached hydrogens (primary N) is 1. The van der Waals surface area contributed by atoms with Crippen LogP contribution in [0.5, 0.6) is 11.5 Å². The zero-order valence-corrected chi connectivity index (χ0v) is 11.7. The van der Waals surface area contributed by atoms with Gasteiger partial charge in [0, 0.05) is 17.8 Å². The molecule has 0 saturated carbocycles. The molecule has 0 aliphatic rings. The van der Waals surface area contributed by atoms with E-state index < -0.39 is 6.04 Å². The molecule has 0 spiro atoms. The van der Waals surface area contributed by atoms with E-state index in [1.54, 1.807) is 36.4 Å². The second-order valence-corrected chi connectivity index (χ2v) is 4.59. The fourth-order valence-electron chi connectivity index (χ4n) is 1.72. The highest BCUT2D eigenvalue weighted by atomic mass is 19.1. The van der Waals surface area contributed by atoms with Gasteiger partial charge in [0.1, 0.15) is 17.3 Å². The molecule has 1 atom stereocenters. The molecule has 1 amide bonds. The lowest BCUT2D eigenvalue weighted by Gasteiger charge is -2.11.